The summed E-state index contributed by atoms with van der Waals surface area (Å²) < 4.78 is 18.8. The number of rotatable bonds is 5. The van der Waals surface area contributed by atoms with Crippen LogP contribution in [0.25, 0.3) is 10.2 Å². The van der Waals surface area contributed by atoms with Gasteiger partial charge in [0, 0.05) is 30.5 Å². The van der Waals surface area contributed by atoms with Gasteiger partial charge in [0.05, 0.1) is 22.5 Å². The lowest BCUT2D eigenvalue weighted by Gasteiger charge is -2.18. The Kier molecular flexibility index (Phi) is 6.08. The maximum atomic E-state index is 13.0. The highest BCUT2D eigenvalue weighted by molar-refractivity contribution is 7.16. The lowest BCUT2D eigenvalue weighted by molar-refractivity contribution is -0.143. The third kappa shape index (κ3) is 4.42. The summed E-state index contributed by atoms with van der Waals surface area (Å²) in [4.78, 5) is 54.9. The predicted molar refractivity (Wildman–Crippen MR) is 126 cm³/mol. The molecule has 0 aliphatic carbocycles. The fraction of sp³-hybridized carbons (Fsp3) is 0.292. The number of thiazole rings is 1. The SMILES string of the molecule is CCOC(=O)Cn1c(=NC(=O)c2ccc(N3C(=O)CCC3=O)cc2)sc2cc3c(cc21)OCCO3. The van der Waals surface area contributed by atoms with Gasteiger partial charge in [-0.2, -0.15) is 4.99 Å². The van der Waals surface area contributed by atoms with Crippen molar-refractivity contribution in [2.75, 3.05) is 24.7 Å². The minimum atomic E-state index is -0.531. The van der Waals surface area contributed by atoms with Gasteiger partial charge in [-0.1, -0.05) is 11.3 Å². The van der Waals surface area contributed by atoms with E-state index in [1.54, 1.807) is 35.8 Å². The van der Waals surface area contributed by atoms with Crippen LogP contribution in [0.4, 0.5) is 5.69 Å². The molecule has 1 saturated heterocycles. The summed E-state index contributed by atoms with van der Waals surface area (Å²) in [6.07, 6.45) is 0.363. The quantitative estimate of drug-likeness (QED) is 0.394. The van der Waals surface area contributed by atoms with Crippen molar-refractivity contribution in [3.8, 4) is 11.5 Å². The zero-order valence-electron chi connectivity index (χ0n) is 18.8. The number of hydrogen-bond acceptors (Lipinski definition) is 8. The van der Waals surface area contributed by atoms with E-state index >= 15 is 0 Å². The number of ether oxygens (including phenoxy) is 3. The summed E-state index contributed by atoms with van der Waals surface area (Å²) >= 11 is 1.24. The molecular weight excluding hydrogens is 474 g/mol. The van der Waals surface area contributed by atoms with E-state index in [1.165, 1.54) is 23.5 Å². The molecule has 5 rings (SSSR count). The molecule has 0 bridgehead atoms. The van der Waals surface area contributed by atoms with Crippen LogP contribution in [0.3, 0.4) is 0 Å². The van der Waals surface area contributed by atoms with E-state index in [0.29, 0.717) is 40.7 Å². The number of benzene rings is 2. The summed E-state index contributed by atoms with van der Waals surface area (Å²) in [7, 11) is 0. The van der Waals surface area contributed by atoms with Crippen LogP contribution in [0.2, 0.25) is 0 Å². The van der Waals surface area contributed by atoms with Gasteiger partial charge in [-0.05, 0) is 31.2 Å². The summed E-state index contributed by atoms with van der Waals surface area (Å²) in [5.41, 5.74) is 1.36. The number of anilines is 1. The average Bonchev–Trinajstić information content (AvgIpc) is 3.36. The highest BCUT2D eigenvalue weighted by atomic mass is 32.1. The zero-order chi connectivity index (χ0) is 24.5. The number of carbonyl (C=O) groups excluding carboxylic acids is 4. The summed E-state index contributed by atoms with van der Waals surface area (Å²) in [5.74, 6) is -0.372. The van der Waals surface area contributed by atoms with E-state index in [9.17, 15) is 19.2 Å². The van der Waals surface area contributed by atoms with E-state index in [0.717, 1.165) is 9.60 Å². The van der Waals surface area contributed by atoms with Gasteiger partial charge in [0.1, 0.15) is 19.8 Å². The first-order valence-electron chi connectivity index (χ1n) is 11.1. The third-order valence-corrected chi connectivity index (χ3v) is 6.60. The van der Waals surface area contributed by atoms with Gasteiger partial charge >= 0.3 is 5.97 Å². The Morgan fingerprint density at radius 3 is 2.34 bits per heavy atom. The van der Waals surface area contributed by atoms with E-state index < -0.39 is 11.9 Å². The van der Waals surface area contributed by atoms with Crippen LogP contribution in [-0.2, 0) is 25.7 Å². The molecule has 0 N–H and O–H groups in total. The standard InChI is InChI=1S/C24H21N3O7S/c1-2-32-22(30)13-26-16-11-17-18(34-10-9-33-17)12-19(16)35-24(26)25-23(31)14-3-5-15(6-4-14)27-20(28)7-8-21(27)29/h3-6,11-12H,2,7-10,13H2,1H3. The van der Waals surface area contributed by atoms with Crippen LogP contribution >= 0.6 is 11.3 Å². The normalized spacial score (nSPS) is 15.7. The van der Waals surface area contributed by atoms with Crippen LogP contribution in [0.1, 0.15) is 30.1 Å². The molecule has 35 heavy (non-hydrogen) atoms. The lowest BCUT2D eigenvalue weighted by atomic mass is 10.2. The molecule has 2 aromatic carbocycles. The first kappa shape index (κ1) is 22.8. The molecule has 0 saturated carbocycles. The number of hydrogen-bond donors (Lipinski definition) is 0. The van der Waals surface area contributed by atoms with Gasteiger partial charge in [0.2, 0.25) is 11.8 Å². The Labute approximate surface area is 203 Å². The Hall–Kier alpha value is -3.99. The highest BCUT2D eigenvalue weighted by Crippen LogP contribution is 2.35. The first-order chi connectivity index (χ1) is 16.9. The molecular formula is C24H21N3O7S. The molecule has 1 aromatic heterocycles. The van der Waals surface area contributed by atoms with E-state index in [2.05, 4.69) is 4.99 Å². The molecule has 10 nitrogen and oxygen atoms in total. The molecule has 3 aromatic rings. The Morgan fingerprint density at radius 2 is 1.69 bits per heavy atom. The molecule has 3 heterocycles. The topological polar surface area (TPSA) is 116 Å². The molecule has 2 aliphatic rings. The first-order valence-corrected chi connectivity index (χ1v) is 11.9. The molecule has 0 unspecified atom stereocenters. The molecule has 1 fully saturated rings. The van der Waals surface area contributed by atoms with Crippen molar-refractivity contribution in [2.24, 2.45) is 4.99 Å². The van der Waals surface area contributed by atoms with Gasteiger partial charge in [-0.25, -0.2) is 0 Å². The molecule has 3 amide bonds. The number of imide groups is 1. The molecule has 180 valence electrons. The molecule has 2 aliphatic heterocycles. The van der Waals surface area contributed by atoms with Crippen LogP contribution < -0.4 is 19.2 Å². The number of carbonyl (C=O) groups is 4. The number of esters is 1. The van der Waals surface area contributed by atoms with Crippen molar-refractivity contribution in [1.82, 2.24) is 4.57 Å². The van der Waals surface area contributed by atoms with Crippen molar-refractivity contribution in [3.63, 3.8) is 0 Å². The van der Waals surface area contributed by atoms with Crippen LogP contribution in [-0.4, -0.2) is 48.1 Å². The second-order valence-corrected chi connectivity index (χ2v) is 8.84. The minimum absolute atomic E-state index is 0.127. The van der Waals surface area contributed by atoms with Crippen molar-refractivity contribution in [2.45, 2.75) is 26.3 Å². The number of fused-ring (bicyclic) bond motifs is 2. The summed E-state index contributed by atoms with van der Waals surface area (Å²) in [5, 5.41) is 0. The van der Waals surface area contributed by atoms with Crippen molar-refractivity contribution < 1.29 is 33.4 Å². The Bertz CT molecular complexity index is 1410. The van der Waals surface area contributed by atoms with Crippen LogP contribution in [0, 0.1) is 0 Å². The van der Waals surface area contributed by atoms with Crippen LogP contribution in [0.15, 0.2) is 41.4 Å². The Balaban J connectivity index is 1.52. The van der Waals surface area contributed by atoms with Crippen LogP contribution in [0.5, 0.6) is 11.5 Å². The summed E-state index contributed by atoms with van der Waals surface area (Å²) in [6, 6.07) is 9.70. The maximum Gasteiger partial charge on any atom is 0.326 e. The monoisotopic (exact) mass is 495 g/mol. The number of amides is 3. The fourth-order valence-corrected chi connectivity index (χ4v) is 4.99. The second-order valence-electron chi connectivity index (χ2n) is 7.83. The van der Waals surface area contributed by atoms with Gasteiger partial charge in [0.15, 0.2) is 16.3 Å². The highest BCUT2D eigenvalue weighted by Gasteiger charge is 2.30. The number of nitrogens with zero attached hydrogens (tertiary/aromatic N) is 3. The molecule has 0 atom stereocenters. The number of aromatic nitrogens is 1. The minimum Gasteiger partial charge on any atom is -0.486 e. The van der Waals surface area contributed by atoms with E-state index in [4.69, 9.17) is 14.2 Å². The van der Waals surface area contributed by atoms with E-state index in [-0.39, 0.29) is 43.4 Å². The van der Waals surface area contributed by atoms with Crippen molar-refractivity contribution in [3.05, 3.63) is 46.8 Å². The van der Waals surface area contributed by atoms with Crippen molar-refractivity contribution >= 4 is 50.9 Å². The summed E-state index contributed by atoms with van der Waals surface area (Å²) in [6.45, 7) is 2.68. The lowest BCUT2D eigenvalue weighted by Crippen LogP contribution is -2.28. The zero-order valence-corrected chi connectivity index (χ0v) is 19.6. The van der Waals surface area contributed by atoms with Gasteiger partial charge in [0.25, 0.3) is 5.91 Å². The second kappa shape index (κ2) is 9.34. The molecule has 0 spiro atoms. The average molecular weight is 496 g/mol. The van der Waals surface area contributed by atoms with E-state index in [1.807, 2.05) is 0 Å². The Morgan fingerprint density at radius 1 is 1.03 bits per heavy atom. The third-order valence-electron chi connectivity index (χ3n) is 5.56. The fourth-order valence-electron chi connectivity index (χ4n) is 3.95. The maximum absolute atomic E-state index is 13.0. The van der Waals surface area contributed by atoms with Crippen molar-refractivity contribution in [1.29, 1.82) is 0 Å². The van der Waals surface area contributed by atoms with Gasteiger partial charge in [-0.15, -0.1) is 0 Å². The largest absolute Gasteiger partial charge is 0.486 e. The van der Waals surface area contributed by atoms with Gasteiger partial charge < -0.3 is 18.8 Å². The predicted octanol–water partition coefficient (Wildman–Crippen LogP) is 2.43. The smallest absolute Gasteiger partial charge is 0.326 e. The molecule has 0 radical (unpaired) electrons. The molecule has 11 heteroatoms. The van der Waals surface area contributed by atoms with Gasteiger partial charge in [-0.3, -0.25) is 24.1 Å².